The first-order valence-corrected chi connectivity index (χ1v) is 22.0. The molecule has 64 heavy (non-hydrogen) atoms. The van der Waals surface area contributed by atoms with Gasteiger partial charge < -0.3 is 9.47 Å². The number of anilines is 3. The van der Waals surface area contributed by atoms with Crippen LogP contribution < -0.4 is 4.90 Å². The predicted molar refractivity (Wildman–Crippen MR) is 272 cm³/mol. The van der Waals surface area contributed by atoms with Gasteiger partial charge in [-0.05, 0) is 127 Å². The van der Waals surface area contributed by atoms with Crippen LogP contribution in [0.4, 0.5) is 17.1 Å². The minimum Gasteiger partial charge on any atom is -0.311 e. The van der Waals surface area contributed by atoms with Crippen LogP contribution in [0.2, 0.25) is 0 Å². The second-order valence-corrected chi connectivity index (χ2v) is 16.5. The van der Waals surface area contributed by atoms with E-state index in [0.29, 0.717) is 0 Å². The Balaban J connectivity index is 0.876. The lowest BCUT2D eigenvalue weighted by atomic mass is 9.96. The summed E-state index contributed by atoms with van der Waals surface area (Å²) in [7, 11) is 0. The topological polar surface area (TPSA) is 8.17 Å². The summed E-state index contributed by atoms with van der Waals surface area (Å²) in [6.07, 6.45) is 0. The second kappa shape index (κ2) is 15.8. The standard InChI is InChI=1S/C62H42N2/c1-3-15-55-47(11-1)13-9-19-57(55)49-25-23-43(24-26-49)44-27-35-51(36-28-44)63(53-41-33-50(34-42-53)58-20-10-14-48-12-2-4-16-56(48)58)52-37-29-45(30-38-52)46-31-39-54(40-32-46)64-61-21-7-5-17-59(61)60-18-6-8-22-62(60)64/h1-42H. The van der Waals surface area contributed by atoms with E-state index in [0.717, 1.165) is 22.7 Å². The molecule has 1 aromatic heterocycles. The molecule has 0 radical (unpaired) electrons. The Labute approximate surface area is 373 Å². The number of aromatic nitrogens is 1. The molecule has 0 saturated heterocycles. The van der Waals surface area contributed by atoms with Crippen LogP contribution in [0.5, 0.6) is 0 Å². The fourth-order valence-electron chi connectivity index (χ4n) is 9.64. The minimum atomic E-state index is 1.09. The lowest BCUT2D eigenvalue weighted by Crippen LogP contribution is -2.09. The molecule has 0 atom stereocenters. The lowest BCUT2D eigenvalue weighted by molar-refractivity contribution is 1.18. The third-order valence-corrected chi connectivity index (χ3v) is 12.8. The maximum atomic E-state index is 2.37. The molecule has 0 unspecified atom stereocenters. The highest BCUT2D eigenvalue weighted by Gasteiger charge is 2.16. The highest BCUT2D eigenvalue weighted by molar-refractivity contribution is 6.09. The Morgan fingerprint density at radius 1 is 0.234 bits per heavy atom. The van der Waals surface area contributed by atoms with Crippen LogP contribution in [0.3, 0.4) is 0 Å². The van der Waals surface area contributed by atoms with Gasteiger partial charge in [-0.2, -0.15) is 0 Å². The van der Waals surface area contributed by atoms with Gasteiger partial charge in [0.1, 0.15) is 0 Å². The molecule has 12 rings (SSSR count). The van der Waals surface area contributed by atoms with Gasteiger partial charge in [-0.1, -0.05) is 194 Å². The SMILES string of the molecule is c1ccc2c(-c3ccc(-c4ccc(N(c5ccc(-c6ccc(-n7c8ccccc8c8ccccc87)cc6)cc5)c5ccc(-c6cccc7ccccc67)cc5)cc4)cc3)cccc2c1. The van der Waals surface area contributed by atoms with Gasteiger partial charge in [-0.25, -0.2) is 0 Å². The summed E-state index contributed by atoms with van der Waals surface area (Å²) in [6, 6.07) is 92.5. The normalized spacial score (nSPS) is 11.4. The van der Waals surface area contributed by atoms with Crippen LogP contribution >= 0.6 is 0 Å². The van der Waals surface area contributed by atoms with Crippen molar-refractivity contribution in [1.29, 1.82) is 0 Å². The molecule has 11 aromatic carbocycles. The molecule has 0 fully saturated rings. The Bertz CT molecular complexity index is 3550. The number of benzene rings is 11. The molecule has 0 N–H and O–H groups in total. The highest BCUT2D eigenvalue weighted by Crippen LogP contribution is 2.40. The Morgan fingerprint density at radius 3 is 0.984 bits per heavy atom. The molecular weight excluding hydrogens is 773 g/mol. The van der Waals surface area contributed by atoms with Gasteiger partial charge in [0.2, 0.25) is 0 Å². The van der Waals surface area contributed by atoms with Crippen molar-refractivity contribution >= 4 is 60.4 Å². The summed E-state index contributed by atoms with van der Waals surface area (Å²) in [5.41, 5.74) is 16.5. The summed E-state index contributed by atoms with van der Waals surface area (Å²) >= 11 is 0. The molecule has 0 aliphatic heterocycles. The quantitative estimate of drug-likeness (QED) is 0.148. The lowest BCUT2D eigenvalue weighted by Gasteiger charge is -2.26. The number of hydrogen-bond donors (Lipinski definition) is 0. The van der Waals surface area contributed by atoms with Crippen molar-refractivity contribution in [3.8, 4) is 50.2 Å². The molecule has 0 amide bonds. The second-order valence-electron chi connectivity index (χ2n) is 16.5. The van der Waals surface area contributed by atoms with E-state index < -0.39 is 0 Å². The molecule has 1 heterocycles. The number of hydrogen-bond acceptors (Lipinski definition) is 1. The number of fused-ring (bicyclic) bond motifs is 5. The van der Waals surface area contributed by atoms with E-state index in [2.05, 4.69) is 264 Å². The first-order chi connectivity index (χ1) is 31.7. The fraction of sp³-hybridized carbons (Fsp3) is 0. The van der Waals surface area contributed by atoms with Crippen molar-refractivity contribution in [2.75, 3.05) is 4.90 Å². The van der Waals surface area contributed by atoms with Crippen LogP contribution in [-0.4, -0.2) is 4.57 Å². The van der Waals surface area contributed by atoms with Gasteiger partial charge in [0.05, 0.1) is 11.0 Å². The largest absolute Gasteiger partial charge is 0.311 e. The number of rotatable bonds is 8. The van der Waals surface area contributed by atoms with Crippen LogP contribution in [0.1, 0.15) is 0 Å². The fourth-order valence-corrected chi connectivity index (χ4v) is 9.64. The van der Waals surface area contributed by atoms with Crippen molar-refractivity contribution in [2.24, 2.45) is 0 Å². The zero-order chi connectivity index (χ0) is 42.4. The molecular formula is C62H42N2. The van der Waals surface area contributed by atoms with Crippen molar-refractivity contribution < 1.29 is 0 Å². The van der Waals surface area contributed by atoms with Crippen molar-refractivity contribution in [3.63, 3.8) is 0 Å². The van der Waals surface area contributed by atoms with Gasteiger partial charge in [0.25, 0.3) is 0 Å². The van der Waals surface area contributed by atoms with E-state index >= 15 is 0 Å². The van der Waals surface area contributed by atoms with Crippen molar-refractivity contribution in [3.05, 3.63) is 255 Å². The smallest absolute Gasteiger partial charge is 0.0541 e. The zero-order valence-corrected chi connectivity index (χ0v) is 35.1. The Kier molecular flexibility index (Phi) is 9.20. The van der Waals surface area contributed by atoms with Gasteiger partial charge in [0.15, 0.2) is 0 Å². The summed E-state index contributed by atoms with van der Waals surface area (Å²) < 4.78 is 2.37. The monoisotopic (exact) mass is 814 g/mol. The van der Waals surface area contributed by atoms with Gasteiger partial charge in [-0.3, -0.25) is 0 Å². The van der Waals surface area contributed by atoms with E-state index in [1.54, 1.807) is 0 Å². The molecule has 2 nitrogen and oxygen atoms in total. The number of nitrogens with zero attached hydrogens (tertiary/aromatic N) is 2. The maximum Gasteiger partial charge on any atom is 0.0541 e. The van der Waals surface area contributed by atoms with Gasteiger partial charge >= 0.3 is 0 Å². The average Bonchev–Trinajstić information content (AvgIpc) is 3.71. The van der Waals surface area contributed by atoms with Crippen LogP contribution in [0.25, 0.3) is 93.5 Å². The van der Waals surface area contributed by atoms with E-state index in [9.17, 15) is 0 Å². The molecule has 0 spiro atoms. The van der Waals surface area contributed by atoms with Crippen LogP contribution in [0.15, 0.2) is 255 Å². The van der Waals surface area contributed by atoms with E-state index in [4.69, 9.17) is 0 Å². The number of para-hydroxylation sites is 2. The summed E-state index contributed by atoms with van der Waals surface area (Å²) in [5.74, 6) is 0. The third-order valence-electron chi connectivity index (χ3n) is 12.8. The van der Waals surface area contributed by atoms with Crippen LogP contribution in [-0.2, 0) is 0 Å². The maximum absolute atomic E-state index is 2.37. The average molecular weight is 815 g/mol. The van der Waals surface area contributed by atoms with Gasteiger partial charge in [-0.15, -0.1) is 0 Å². The molecule has 0 aliphatic rings. The van der Waals surface area contributed by atoms with E-state index in [1.165, 1.54) is 87.9 Å². The highest BCUT2D eigenvalue weighted by atomic mass is 15.1. The van der Waals surface area contributed by atoms with E-state index in [-0.39, 0.29) is 0 Å². The zero-order valence-electron chi connectivity index (χ0n) is 35.1. The minimum absolute atomic E-state index is 1.09. The third kappa shape index (κ3) is 6.61. The first-order valence-electron chi connectivity index (χ1n) is 22.0. The van der Waals surface area contributed by atoms with Gasteiger partial charge in [0, 0.05) is 33.5 Å². The first kappa shape index (κ1) is 37.3. The summed E-state index contributed by atoms with van der Waals surface area (Å²) in [4.78, 5) is 2.36. The molecule has 300 valence electrons. The summed E-state index contributed by atoms with van der Waals surface area (Å²) in [6.45, 7) is 0. The summed E-state index contributed by atoms with van der Waals surface area (Å²) in [5, 5.41) is 7.57. The molecule has 12 aromatic rings. The predicted octanol–water partition coefficient (Wildman–Crippen LogP) is 17.2. The molecule has 2 heteroatoms. The Morgan fingerprint density at radius 2 is 0.547 bits per heavy atom. The molecule has 0 bridgehead atoms. The molecule has 0 saturated carbocycles. The van der Waals surface area contributed by atoms with Crippen molar-refractivity contribution in [2.45, 2.75) is 0 Å². The van der Waals surface area contributed by atoms with Crippen molar-refractivity contribution in [1.82, 2.24) is 4.57 Å². The molecule has 0 aliphatic carbocycles. The van der Waals surface area contributed by atoms with E-state index in [1.807, 2.05) is 0 Å². The van der Waals surface area contributed by atoms with Crippen LogP contribution in [0, 0.1) is 0 Å². The Hall–Kier alpha value is -8.46.